The van der Waals surface area contributed by atoms with Crippen LogP contribution in [-0.2, 0) is 22.6 Å². The molecule has 0 unspecified atom stereocenters. The minimum Gasteiger partial charge on any atom is -0.468 e. The Bertz CT molecular complexity index is 1130. The van der Waals surface area contributed by atoms with Gasteiger partial charge in [-0.25, -0.2) is 14.8 Å². The smallest absolute Gasteiger partial charge is 0.332 e. The summed E-state index contributed by atoms with van der Waals surface area (Å²) in [5.74, 6) is 0.552. The summed E-state index contributed by atoms with van der Waals surface area (Å²) in [4.78, 5) is 48.5. The zero-order valence-corrected chi connectivity index (χ0v) is 16.7. The molecule has 0 saturated heterocycles. The van der Waals surface area contributed by atoms with Crippen LogP contribution in [0.2, 0.25) is 0 Å². The van der Waals surface area contributed by atoms with Crippen LogP contribution >= 0.6 is 0 Å². The van der Waals surface area contributed by atoms with E-state index in [1.807, 2.05) is 13.8 Å². The van der Waals surface area contributed by atoms with E-state index in [2.05, 4.69) is 25.0 Å². The molecule has 2 N–H and O–H groups in total. The van der Waals surface area contributed by atoms with Crippen LogP contribution < -0.4 is 16.6 Å². The number of esters is 1. The van der Waals surface area contributed by atoms with Gasteiger partial charge < -0.3 is 15.0 Å². The summed E-state index contributed by atoms with van der Waals surface area (Å²) in [6.45, 7) is 4.71. The highest BCUT2D eigenvalue weighted by Crippen LogP contribution is 2.19. The number of hydrogen-bond donors (Lipinski definition) is 2. The number of nitrogens with zero attached hydrogens (tertiary/aromatic N) is 4. The Kier molecular flexibility index (Phi) is 6.10. The fourth-order valence-corrected chi connectivity index (χ4v) is 3.02. The second-order valence-electron chi connectivity index (χ2n) is 6.54. The number of pyridine rings is 1. The lowest BCUT2D eigenvalue weighted by Crippen LogP contribution is -2.40. The Labute approximate surface area is 166 Å². The molecule has 10 heteroatoms. The molecule has 29 heavy (non-hydrogen) atoms. The summed E-state index contributed by atoms with van der Waals surface area (Å²) in [6, 6.07) is 3.46. The first-order chi connectivity index (χ1) is 14.0. The molecule has 0 atom stereocenters. The van der Waals surface area contributed by atoms with Crippen molar-refractivity contribution in [2.75, 3.05) is 19.0 Å². The maximum Gasteiger partial charge on any atom is 0.332 e. The number of ether oxygens (including phenoxy) is 1. The van der Waals surface area contributed by atoms with Crippen LogP contribution in [0.15, 0.2) is 27.9 Å². The molecule has 10 nitrogen and oxygen atoms in total. The molecule has 0 spiro atoms. The van der Waals surface area contributed by atoms with Gasteiger partial charge in [-0.15, -0.1) is 0 Å². The molecule has 154 valence electrons. The Morgan fingerprint density at radius 3 is 2.52 bits per heavy atom. The Balaban J connectivity index is 2.02. The van der Waals surface area contributed by atoms with Crippen LogP contribution in [0, 0.1) is 0 Å². The van der Waals surface area contributed by atoms with Crippen LogP contribution in [0.25, 0.3) is 22.6 Å². The average Bonchev–Trinajstić information content (AvgIpc) is 3.18. The molecular weight excluding hydrogens is 376 g/mol. The number of nitrogens with one attached hydrogen (secondary N) is 2. The Morgan fingerprint density at radius 2 is 1.90 bits per heavy atom. The zero-order valence-electron chi connectivity index (χ0n) is 16.7. The van der Waals surface area contributed by atoms with E-state index in [-0.39, 0.29) is 17.8 Å². The number of carbonyl (C=O) groups excluding carboxylic acids is 1. The largest absolute Gasteiger partial charge is 0.468 e. The lowest BCUT2D eigenvalue weighted by Gasteiger charge is -2.09. The van der Waals surface area contributed by atoms with E-state index in [1.54, 1.807) is 18.3 Å². The maximum absolute atomic E-state index is 12.8. The molecule has 0 aliphatic rings. The summed E-state index contributed by atoms with van der Waals surface area (Å²) in [5.41, 5.74) is 0.584. The molecule has 3 heterocycles. The van der Waals surface area contributed by atoms with Crippen molar-refractivity contribution in [2.24, 2.45) is 0 Å². The van der Waals surface area contributed by atoms with Gasteiger partial charge in [0.1, 0.15) is 23.7 Å². The molecule has 3 rings (SSSR count). The van der Waals surface area contributed by atoms with Gasteiger partial charge in [-0.1, -0.05) is 13.8 Å². The van der Waals surface area contributed by atoms with E-state index in [0.29, 0.717) is 47.9 Å². The predicted octanol–water partition coefficient (Wildman–Crippen LogP) is 1.35. The van der Waals surface area contributed by atoms with Gasteiger partial charge in [-0.05, 0) is 25.0 Å². The van der Waals surface area contributed by atoms with Crippen molar-refractivity contribution in [1.29, 1.82) is 0 Å². The zero-order chi connectivity index (χ0) is 21.0. The number of rotatable bonds is 8. The molecule has 3 aromatic rings. The molecule has 0 fully saturated rings. The molecule has 0 aliphatic heterocycles. The predicted molar refractivity (Wildman–Crippen MR) is 109 cm³/mol. The molecule has 0 saturated carbocycles. The third kappa shape index (κ3) is 4.05. The number of carbonyl (C=O) groups is 1. The normalized spacial score (nSPS) is 11.0. The van der Waals surface area contributed by atoms with Crippen molar-refractivity contribution < 1.29 is 9.53 Å². The Hall–Kier alpha value is -3.43. The fourth-order valence-electron chi connectivity index (χ4n) is 3.02. The van der Waals surface area contributed by atoms with Crippen LogP contribution in [0.4, 0.5) is 5.82 Å². The number of methoxy groups -OCH3 is 1. The number of hydrogen-bond acceptors (Lipinski definition) is 7. The van der Waals surface area contributed by atoms with Crippen LogP contribution in [-0.4, -0.2) is 43.7 Å². The monoisotopic (exact) mass is 400 g/mol. The first-order valence-corrected chi connectivity index (χ1v) is 9.50. The number of imidazole rings is 1. The first kappa shape index (κ1) is 20.3. The SMILES string of the molecule is CCCn1c(=O)c2[nH]c(-c3ccc(NCC(=O)OC)nc3)nc2n(CCC)c1=O. The lowest BCUT2D eigenvalue weighted by molar-refractivity contribution is -0.138. The van der Waals surface area contributed by atoms with Gasteiger partial charge in [0.05, 0.1) is 7.11 Å². The number of aromatic amines is 1. The number of aryl methyl sites for hydroxylation is 1. The van der Waals surface area contributed by atoms with E-state index in [4.69, 9.17) is 0 Å². The van der Waals surface area contributed by atoms with Crippen molar-refractivity contribution in [1.82, 2.24) is 24.1 Å². The van der Waals surface area contributed by atoms with Crippen molar-refractivity contribution in [2.45, 2.75) is 39.8 Å². The van der Waals surface area contributed by atoms with E-state index in [9.17, 15) is 14.4 Å². The third-order valence-corrected chi connectivity index (χ3v) is 4.43. The lowest BCUT2D eigenvalue weighted by atomic mass is 10.2. The van der Waals surface area contributed by atoms with E-state index >= 15 is 0 Å². The number of anilines is 1. The standard InChI is InChI=1S/C19H24N6O4/c1-4-8-24-17-15(18(27)25(9-5-2)19(24)28)22-16(23-17)12-6-7-13(20-10-12)21-11-14(26)29-3/h6-7,10H,4-5,8-9,11H2,1-3H3,(H,20,21)(H,22,23). The summed E-state index contributed by atoms with van der Waals surface area (Å²) in [5, 5.41) is 2.85. The van der Waals surface area contributed by atoms with Gasteiger partial charge in [0.25, 0.3) is 5.56 Å². The molecule has 0 aliphatic carbocycles. The van der Waals surface area contributed by atoms with E-state index < -0.39 is 5.97 Å². The van der Waals surface area contributed by atoms with Gasteiger partial charge >= 0.3 is 11.7 Å². The highest BCUT2D eigenvalue weighted by Gasteiger charge is 2.17. The molecule has 0 aromatic carbocycles. The van der Waals surface area contributed by atoms with Crippen LogP contribution in [0.3, 0.4) is 0 Å². The average molecular weight is 400 g/mol. The molecular formula is C19H24N6O4. The summed E-state index contributed by atoms with van der Waals surface area (Å²) < 4.78 is 7.36. The van der Waals surface area contributed by atoms with Gasteiger partial charge in [0.2, 0.25) is 0 Å². The van der Waals surface area contributed by atoms with Gasteiger partial charge in [-0.3, -0.25) is 18.7 Å². The topological polar surface area (TPSA) is 124 Å². The quantitative estimate of drug-likeness (QED) is 0.547. The fraction of sp³-hybridized carbons (Fsp3) is 0.421. The number of fused-ring (bicyclic) bond motifs is 1. The highest BCUT2D eigenvalue weighted by molar-refractivity contribution is 5.76. The van der Waals surface area contributed by atoms with Gasteiger partial charge in [-0.2, -0.15) is 0 Å². The molecule has 3 aromatic heterocycles. The minimum atomic E-state index is -0.398. The Morgan fingerprint density at radius 1 is 1.17 bits per heavy atom. The summed E-state index contributed by atoms with van der Waals surface area (Å²) >= 11 is 0. The maximum atomic E-state index is 12.8. The summed E-state index contributed by atoms with van der Waals surface area (Å²) in [6.07, 6.45) is 2.99. The van der Waals surface area contributed by atoms with E-state index in [0.717, 1.165) is 6.42 Å². The number of aromatic nitrogens is 5. The molecule has 0 bridgehead atoms. The second-order valence-corrected chi connectivity index (χ2v) is 6.54. The van der Waals surface area contributed by atoms with Crippen molar-refractivity contribution in [3.63, 3.8) is 0 Å². The van der Waals surface area contributed by atoms with Gasteiger partial charge in [0.15, 0.2) is 5.65 Å². The molecule has 0 radical (unpaired) electrons. The van der Waals surface area contributed by atoms with Crippen molar-refractivity contribution >= 4 is 23.0 Å². The van der Waals surface area contributed by atoms with Crippen LogP contribution in [0.5, 0.6) is 0 Å². The first-order valence-electron chi connectivity index (χ1n) is 9.50. The van der Waals surface area contributed by atoms with Gasteiger partial charge in [0, 0.05) is 24.8 Å². The third-order valence-electron chi connectivity index (χ3n) is 4.43. The number of H-pyrrole nitrogens is 1. The highest BCUT2D eigenvalue weighted by atomic mass is 16.5. The van der Waals surface area contributed by atoms with E-state index in [1.165, 1.54) is 16.2 Å². The van der Waals surface area contributed by atoms with Crippen molar-refractivity contribution in [3.8, 4) is 11.4 Å². The summed E-state index contributed by atoms with van der Waals surface area (Å²) in [7, 11) is 1.31. The van der Waals surface area contributed by atoms with Crippen molar-refractivity contribution in [3.05, 3.63) is 39.2 Å². The molecule has 0 amide bonds. The van der Waals surface area contributed by atoms with Crippen LogP contribution in [0.1, 0.15) is 26.7 Å². The minimum absolute atomic E-state index is 0.00769. The second kappa shape index (κ2) is 8.72.